The second kappa shape index (κ2) is 5.51. The van der Waals surface area contributed by atoms with E-state index < -0.39 is 0 Å². The molecule has 74 valence electrons. The van der Waals surface area contributed by atoms with Crippen LogP contribution in [0.3, 0.4) is 0 Å². The first-order valence-corrected chi connectivity index (χ1v) is 4.54. The third kappa shape index (κ3) is 4.45. The quantitative estimate of drug-likeness (QED) is 0.441. The van der Waals surface area contributed by atoms with Gasteiger partial charge in [0.25, 0.3) is 0 Å². The Bertz CT molecular complexity index is 216. The number of hydrogen-bond acceptors (Lipinski definition) is 2. The van der Waals surface area contributed by atoms with Crippen LogP contribution >= 0.6 is 0 Å². The first kappa shape index (κ1) is 11.9. The molecule has 3 heteroatoms. The van der Waals surface area contributed by atoms with Crippen molar-refractivity contribution in [3.63, 3.8) is 0 Å². The topological polar surface area (TPSA) is 73.7 Å². The van der Waals surface area contributed by atoms with E-state index in [2.05, 4.69) is 13.8 Å². The summed E-state index contributed by atoms with van der Waals surface area (Å²) < 4.78 is 0. The van der Waals surface area contributed by atoms with Gasteiger partial charge >= 0.3 is 0 Å². The van der Waals surface area contributed by atoms with E-state index in [4.69, 9.17) is 16.6 Å². The highest BCUT2D eigenvalue weighted by molar-refractivity contribution is 5.98. The fourth-order valence-corrected chi connectivity index (χ4v) is 1.44. The predicted octanol–water partition coefficient (Wildman–Crippen LogP) is 2.18. The summed E-state index contributed by atoms with van der Waals surface area (Å²) in [5.41, 5.74) is 6.18. The molecule has 0 heterocycles. The molecule has 4 N–H and O–H groups in total. The van der Waals surface area contributed by atoms with Crippen molar-refractivity contribution in [2.24, 2.45) is 17.6 Å². The van der Waals surface area contributed by atoms with Gasteiger partial charge in [-0.3, -0.25) is 5.41 Å². The van der Waals surface area contributed by atoms with Crippen LogP contribution in [-0.2, 0) is 0 Å². The minimum absolute atomic E-state index is 0.0802. The van der Waals surface area contributed by atoms with Crippen molar-refractivity contribution in [1.82, 2.24) is 0 Å². The van der Waals surface area contributed by atoms with E-state index in [1.54, 1.807) is 6.08 Å². The molecular formula is C10H19N3. The molecule has 0 spiro atoms. The molecule has 0 aromatic rings. The highest BCUT2D eigenvalue weighted by atomic mass is 14.7. The van der Waals surface area contributed by atoms with E-state index in [0.29, 0.717) is 5.92 Å². The molecule has 0 aliphatic carbocycles. The molecule has 0 radical (unpaired) electrons. The number of nitrogens with one attached hydrogen (secondary N) is 2. The van der Waals surface area contributed by atoms with Gasteiger partial charge in [-0.15, -0.1) is 0 Å². The lowest BCUT2D eigenvalue weighted by Gasteiger charge is -2.16. The highest BCUT2D eigenvalue weighted by Gasteiger charge is 2.12. The van der Waals surface area contributed by atoms with Gasteiger partial charge in [-0.1, -0.05) is 20.8 Å². The van der Waals surface area contributed by atoms with Crippen LogP contribution in [0.4, 0.5) is 0 Å². The van der Waals surface area contributed by atoms with Crippen molar-refractivity contribution < 1.29 is 0 Å². The van der Waals surface area contributed by atoms with Gasteiger partial charge in [0, 0.05) is 6.21 Å². The molecular weight excluding hydrogens is 162 g/mol. The van der Waals surface area contributed by atoms with Crippen LogP contribution in [0.25, 0.3) is 0 Å². The summed E-state index contributed by atoms with van der Waals surface area (Å²) >= 11 is 0. The lowest BCUT2D eigenvalue weighted by molar-refractivity contribution is 0.494. The Morgan fingerprint density at radius 3 is 2.23 bits per heavy atom. The van der Waals surface area contributed by atoms with Crippen LogP contribution in [0.15, 0.2) is 11.6 Å². The molecule has 0 saturated carbocycles. The van der Waals surface area contributed by atoms with Crippen LogP contribution in [-0.4, -0.2) is 12.1 Å². The zero-order valence-corrected chi connectivity index (χ0v) is 8.59. The Kier molecular flexibility index (Phi) is 5.04. The van der Waals surface area contributed by atoms with Crippen molar-refractivity contribution in [3.8, 4) is 0 Å². The Hall–Kier alpha value is -1.12. The molecule has 0 aliphatic heterocycles. The summed E-state index contributed by atoms with van der Waals surface area (Å²) in [4.78, 5) is 0. The Balaban J connectivity index is 4.47. The van der Waals surface area contributed by atoms with E-state index in [0.717, 1.165) is 12.0 Å². The minimum Gasteiger partial charge on any atom is -0.384 e. The first-order chi connectivity index (χ1) is 5.99. The third-order valence-electron chi connectivity index (χ3n) is 1.93. The zero-order valence-electron chi connectivity index (χ0n) is 8.59. The van der Waals surface area contributed by atoms with Crippen LogP contribution in [0.5, 0.6) is 0 Å². The van der Waals surface area contributed by atoms with Gasteiger partial charge in [0.15, 0.2) is 0 Å². The molecule has 0 aliphatic rings. The van der Waals surface area contributed by atoms with Crippen molar-refractivity contribution in [1.29, 1.82) is 10.8 Å². The molecule has 1 unspecified atom stereocenters. The summed E-state index contributed by atoms with van der Waals surface area (Å²) in [6, 6.07) is 0. The minimum atomic E-state index is 0.0802. The number of allylic oxidation sites excluding steroid dienone is 1. The number of nitrogens with two attached hydrogens (primary N) is 1. The average Bonchev–Trinajstić information content (AvgIpc) is 1.97. The lowest BCUT2D eigenvalue weighted by atomic mass is 9.91. The highest BCUT2D eigenvalue weighted by Crippen LogP contribution is 2.18. The maximum Gasteiger partial charge on any atom is 0.118 e. The van der Waals surface area contributed by atoms with Gasteiger partial charge < -0.3 is 11.1 Å². The summed E-state index contributed by atoms with van der Waals surface area (Å²) in [5, 5.41) is 14.3. The Morgan fingerprint density at radius 1 is 1.38 bits per heavy atom. The molecule has 0 rings (SSSR count). The van der Waals surface area contributed by atoms with Gasteiger partial charge in [-0.05, 0) is 29.9 Å². The van der Waals surface area contributed by atoms with E-state index >= 15 is 0 Å². The van der Waals surface area contributed by atoms with Crippen molar-refractivity contribution >= 4 is 12.1 Å². The SMILES string of the molecule is CC(C)CC(C)/C(=C\C=N)C(=N)N. The zero-order chi connectivity index (χ0) is 10.4. The van der Waals surface area contributed by atoms with Crippen LogP contribution < -0.4 is 5.73 Å². The lowest BCUT2D eigenvalue weighted by Crippen LogP contribution is -2.19. The maximum absolute atomic E-state index is 7.34. The largest absolute Gasteiger partial charge is 0.384 e. The maximum atomic E-state index is 7.34. The van der Waals surface area contributed by atoms with Crippen LogP contribution in [0.1, 0.15) is 27.2 Å². The van der Waals surface area contributed by atoms with E-state index in [-0.39, 0.29) is 11.8 Å². The smallest absolute Gasteiger partial charge is 0.118 e. The molecule has 0 fully saturated rings. The number of hydrogen-bond donors (Lipinski definition) is 3. The molecule has 0 aromatic carbocycles. The first-order valence-electron chi connectivity index (χ1n) is 4.54. The Morgan fingerprint density at radius 2 is 1.92 bits per heavy atom. The molecule has 0 bridgehead atoms. The molecule has 0 amide bonds. The fraction of sp³-hybridized carbons (Fsp3) is 0.600. The summed E-state index contributed by atoms with van der Waals surface area (Å²) in [5.74, 6) is 0.930. The Labute approximate surface area is 80.0 Å². The fourth-order valence-electron chi connectivity index (χ4n) is 1.44. The average molecular weight is 181 g/mol. The summed E-state index contributed by atoms with van der Waals surface area (Å²) in [7, 11) is 0. The van der Waals surface area contributed by atoms with Gasteiger partial charge in [-0.25, -0.2) is 0 Å². The van der Waals surface area contributed by atoms with Crippen molar-refractivity contribution in [2.45, 2.75) is 27.2 Å². The standard InChI is InChI=1S/C10H19N3/c1-7(2)6-8(3)9(4-5-11)10(12)13/h4-5,7-8,11H,6H2,1-3H3,(H3,12,13)/b9-4+,11-5?. The van der Waals surface area contributed by atoms with Crippen molar-refractivity contribution in [3.05, 3.63) is 11.6 Å². The van der Waals surface area contributed by atoms with Crippen LogP contribution in [0.2, 0.25) is 0 Å². The second-order valence-electron chi connectivity index (χ2n) is 3.73. The summed E-state index contributed by atoms with van der Waals surface area (Å²) in [6.45, 7) is 6.31. The summed E-state index contributed by atoms with van der Waals surface area (Å²) in [6.07, 6.45) is 3.79. The number of rotatable bonds is 5. The predicted molar refractivity (Wildman–Crippen MR) is 57.4 cm³/mol. The van der Waals surface area contributed by atoms with Gasteiger partial charge in [-0.2, -0.15) is 0 Å². The molecule has 0 saturated heterocycles. The monoisotopic (exact) mass is 181 g/mol. The van der Waals surface area contributed by atoms with Gasteiger partial charge in [0.05, 0.1) is 0 Å². The van der Waals surface area contributed by atoms with E-state index in [1.807, 2.05) is 6.92 Å². The van der Waals surface area contributed by atoms with Crippen molar-refractivity contribution in [2.75, 3.05) is 0 Å². The van der Waals surface area contributed by atoms with Gasteiger partial charge in [0.2, 0.25) is 0 Å². The van der Waals surface area contributed by atoms with Crippen LogP contribution in [0, 0.1) is 22.7 Å². The molecule has 3 nitrogen and oxygen atoms in total. The molecule has 0 aromatic heterocycles. The number of amidine groups is 1. The molecule has 1 atom stereocenters. The molecule has 13 heavy (non-hydrogen) atoms. The van der Waals surface area contributed by atoms with E-state index in [1.165, 1.54) is 6.21 Å². The van der Waals surface area contributed by atoms with Gasteiger partial charge in [0.1, 0.15) is 5.84 Å². The normalized spacial score (nSPS) is 14.3. The second-order valence-corrected chi connectivity index (χ2v) is 3.73. The van der Waals surface area contributed by atoms with E-state index in [9.17, 15) is 0 Å². The third-order valence-corrected chi connectivity index (χ3v) is 1.93.